The quantitative estimate of drug-likeness (QED) is 0.242. The molecule has 0 aliphatic carbocycles. The van der Waals surface area contributed by atoms with Gasteiger partial charge in [-0.3, -0.25) is 9.13 Å². The first-order chi connectivity index (χ1) is 4.00. The van der Waals surface area contributed by atoms with Gasteiger partial charge in [-0.05, 0) is 0 Å². The maximum Gasteiger partial charge on any atom is 2.00 e. The van der Waals surface area contributed by atoms with E-state index in [0.717, 1.165) is 0 Å². The zero-order valence-corrected chi connectivity index (χ0v) is 7.84. The van der Waals surface area contributed by atoms with Gasteiger partial charge in [0.2, 0.25) is 0 Å². The molecule has 0 aromatic carbocycles. The standard InChI is InChI=1S/Al.2H3O4P/c;2*1-5(2,3)4/h;2*(H3,1,2,3,4)/q+2;;/p-2. The maximum absolute atomic E-state index is 8.77. The summed E-state index contributed by atoms with van der Waals surface area (Å²) in [4.78, 5) is 45.8. The molecule has 1 radical (unpaired) electrons. The Morgan fingerprint density at radius 1 is 0.818 bits per heavy atom. The minimum atomic E-state index is -4.89. The minimum Gasteiger partial charge on any atom is -0.756 e. The van der Waals surface area contributed by atoms with Crippen molar-refractivity contribution in [3.05, 3.63) is 0 Å². The third kappa shape index (κ3) is 1450. The van der Waals surface area contributed by atoms with Crippen molar-refractivity contribution in [2.45, 2.75) is 0 Å². The molecule has 0 amide bonds. The third-order valence-electron chi connectivity index (χ3n) is 0. The number of phosphoric acid groups is 2. The summed E-state index contributed by atoms with van der Waals surface area (Å²) in [5, 5.41) is 0. The maximum atomic E-state index is 8.77. The van der Waals surface area contributed by atoms with Crippen LogP contribution in [0.25, 0.3) is 0 Å². The summed E-state index contributed by atoms with van der Waals surface area (Å²) in [7, 11) is -9.78. The van der Waals surface area contributed by atoms with E-state index < -0.39 is 15.6 Å². The van der Waals surface area contributed by atoms with Crippen LogP contribution in [0.15, 0.2) is 0 Å². The summed E-state index contributed by atoms with van der Waals surface area (Å²) in [5.41, 5.74) is 0. The molecule has 0 bridgehead atoms. The van der Waals surface area contributed by atoms with Gasteiger partial charge in [0.25, 0.3) is 15.6 Å². The van der Waals surface area contributed by atoms with Crippen LogP contribution in [0.1, 0.15) is 0 Å². The van der Waals surface area contributed by atoms with Crippen LogP contribution in [-0.4, -0.2) is 36.9 Å². The average molecular weight is 221 g/mol. The molecule has 0 atom stereocenters. The van der Waals surface area contributed by atoms with E-state index in [4.69, 9.17) is 38.5 Å². The van der Waals surface area contributed by atoms with E-state index in [1.54, 1.807) is 0 Å². The molecule has 4 N–H and O–H groups in total. The Hall–Kier alpha value is 0.752. The Morgan fingerprint density at radius 3 is 0.818 bits per heavy atom. The summed E-state index contributed by atoms with van der Waals surface area (Å²) >= 11 is 0. The number of rotatable bonds is 0. The van der Waals surface area contributed by atoms with Crippen molar-refractivity contribution >= 4 is 33.0 Å². The van der Waals surface area contributed by atoms with Gasteiger partial charge in [0.05, 0.1) is 0 Å². The molecule has 11 heavy (non-hydrogen) atoms. The largest absolute Gasteiger partial charge is 2.00 e. The molecule has 0 aliphatic heterocycles. The van der Waals surface area contributed by atoms with E-state index in [9.17, 15) is 0 Å². The topological polar surface area (TPSA) is 161 Å². The molecule has 0 heterocycles. The summed E-state index contributed by atoms with van der Waals surface area (Å²) < 4.78 is 17.5. The first-order valence-electron chi connectivity index (χ1n) is 1.53. The van der Waals surface area contributed by atoms with Crippen LogP contribution in [0.3, 0.4) is 0 Å². The van der Waals surface area contributed by atoms with Crippen molar-refractivity contribution < 1.29 is 38.5 Å². The van der Waals surface area contributed by atoms with Gasteiger partial charge in [0.1, 0.15) is 0 Å². The molecule has 0 rings (SSSR count). The fraction of sp³-hybridized carbons (Fsp3) is 0. The van der Waals surface area contributed by atoms with Crippen LogP contribution in [0.5, 0.6) is 0 Å². The van der Waals surface area contributed by atoms with E-state index in [1.807, 2.05) is 0 Å². The Balaban J connectivity index is -0.000000107. The van der Waals surface area contributed by atoms with Crippen LogP contribution >= 0.6 is 15.6 Å². The zero-order valence-electron chi connectivity index (χ0n) is 4.89. The normalized spacial score (nSPS) is 10.7. The van der Waals surface area contributed by atoms with Crippen molar-refractivity contribution in [3.63, 3.8) is 0 Å². The van der Waals surface area contributed by atoms with Gasteiger partial charge in [-0.2, -0.15) is 0 Å². The Bertz CT molecular complexity index is 124. The van der Waals surface area contributed by atoms with E-state index >= 15 is 0 Å². The summed E-state index contributed by atoms with van der Waals surface area (Å²) in [6, 6.07) is 0. The van der Waals surface area contributed by atoms with Crippen molar-refractivity contribution in [2.75, 3.05) is 0 Å². The SMILES string of the molecule is O=P([O-])(O)O.O=P([O-])(O)O.[Al+2]. The first-order valence-corrected chi connectivity index (χ1v) is 4.59. The molecule has 0 saturated carbocycles. The Labute approximate surface area is 72.1 Å². The molecule has 0 unspecified atom stereocenters. The van der Waals surface area contributed by atoms with Gasteiger partial charge in [0.15, 0.2) is 0 Å². The second kappa shape index (κ2) is 6.29. The molecule has 65 valence electrons. The van der Waals surface area contributed by atoms with Crippen LogP contribution < -0.4 is 9.79 Å². The second-order valence-corrected chi connectivity index (χ2v) is 2.94. The number of hydrogen-bond donors (Lipinski definition) is 4. The predicted molar refractivity (Wildman–Crippen MR) is 29.8 cm³/mol. The molecule has 0 saturated heterocycles. The molecule has 0 fully saturated rings. The van der Waals surface area contributed by atoms with E-state index in [1.165, 1.54) is 0 Å². The molecule has 0 aromatic rings. The van der Waals surface area contributed by atoms with Gasteiger partial charge in [-0.25, -0.2) is 0 Å². The van der Waals surface area contributed by atoms with Crippen LogP contribution in [0.2, 0.25) is 0 Å². The molecular weight excluding hydrogens is 217 g/mol. The smallest absolute Gasteiger partial charge is 0.756 e. The van der Waals surface area contributed by atoms with Crippen molar-refractivity contribution in [1.29, 1.82) is 0 Å². The first kappa shape index (κ1) is 17.7. The van der Waals surface area contributed by atoms with Crippen LogP contribution in [-0.2, 0) is 9.13 Å². The molecule has 11 heteroatoms. The van der Waals surface area contributed by atoms with Gasteiger partial charge in [-0.15, -0.1) is 0 Å². The molecular formula is H4AlO8P2. The fourth-order valence-corrected chi connectivity index (χ4v) is 0. The molecule has 0 spiro atoms. The van der Waals surface area contributed by atoms with Crippen molar-refractivity contribution in [1.82, 2.24) is 0 Å². The van der Waals surface area contributed by atoms with Crippen LogP contribution in [0, 0.1) is 0 Å². The monoisotopic (exact) mass is 221 g/mol. The van der Waals surface area contributed by atoms with E-state index in [2.05, 4.69) is 0 Å². The summed E-state index contributed by atoms with van der Waals surface area (Å²) in [5.74, 6) is 0. The molecule has 0 aliphatic rings. The summed E-state index contributed by atoms with van der Waals surface area (Å²) in [6.45, 7) is 0. The minimum absolute atomic E-state index is 0. The van der Waals surface area contributed by atoms with Gasteiger partial charge in [0, 0.05) is 0 Å². The Kier molecular flexibility index (Phi) is 10.1. The van der Waals surface area contributed by atoms with Crippen LogP contribution in [0.4, 0.5) is 0 Å². The van der Waals surface area contributed by atoms with Crippen molar-refractivity contribution in [2.24, 2.45) is 0 Å². The average Bonchev–Trinajstić information content (AvgIpc) is 1.12. The predicted octanol–water partition coefficient (Wildman–Crippen LogP) is -3.50. The Morgan fingerprint density at radius 2 is 0.818 bits per heavy atom. The summed E-state index contributed by atoms with van der Waals surface area (Å²) in [6.07, 6.45) is 0. The van der Waals surface area contributed by atoms with Gasteiger partial charge >= 0.3 is 17.4 Å². The van der Waals surface area contributed by atoms with E-state index in [-0.39, 0.29) is 17.4 Å². The molecule has 8 nitrogen and oxygen atoms in total. The molecule has 0 aromatic heterocycles. The second-order valence-electron chi connectivity index (χ2n) is 0.981. The van der Waals surface area contributed by atoms with E-state index in [0.29, 0.717) is 0 Å². The van der Waals surface area contributed by atoms with Gasteiger partial charge < -0.3 is 29.4 Å². The third-order valence-corrected chi connectivity index (χ3v) is 0. The van der Waals surface area contributed by atoms with Crippen molar-refractivity contribution in [3.8, 4) is 0 Å². The number of hydrogen-bond acceptors (Lipinski definition) is 4. The van der Waals surface area contributed by atoms with Gasteiger partial charge in [-0.1, -0.05) is 0 Å². The zero-order chi connectivity index (χ0) is 9.00. The fourth-order valence-electron chi connectivity index (χ4n) is 0.